The molecular weight excluding hydrogens is 354 g/mol. The molecule has 25 heavy (non-hydrogen) atoms. The second-order valence-corrected chi connectivity index (χ2v) is 10.4. The summed E-state index contributed by atoms with van der Waals surface area (Å²) in [7, 11) is 0. The van der Waals surface area contributed by atoms with Crippen LogP contribution >= 0.6 is 23.4 Å². The Morgan fingerprint density at radius 3 is 2.76 bits per heavy atom. The lowest BCUT2D eigenvalue weighted by atomic mass is 9.77. The minimum atomic E-state index is -0.530. The number of carbonyl (C=O) groups excluding carboxylic acids is 1. The average Bonchev–Trinajstić information content (AvgIpc) is 2.82. The van der Waals surface area contributed by atoms with Gasteiger partial charge in [0, 0.05) is 16.5 Å². The Bertz CT molecular complexity index is 619. The summed E-state index contributed by atoms with van der Waals surface area (Å²) >= 11 is 7.46. The van der Waals surface area contributed by atoms with E-state index in [-0.39, 0.29) is 5.91 Å². The van der Waals surface area contributed by atoms with Gasteiger partial charge < -0.3 is 10.4 Å². The van der Waals surface area contributed by atoms with Crippen molar-refractivity contribution < 1.29 is 9.90 Å². The maximum atomic E-state index is 12.6. The van der Waals surface area contributed by atoms with Crippen molar-refractivity contribution in [3.05, 3.63) is 29.3 Å². The first-order valence-corrected chi connectivity index (χ1v) is 10.4. The first-order chi connectivity index (χ1) is 11.8. The number of rotatable bonds is 6. The molecule has 1 aromatic carbocycles. The summed E-state index contributed by atoms with van der Waals surface area (Å²) < 4.78 is -0.530. The van der Waals surface area contributed by atoms with E-state index < -0.39 is 10.3 Å². The summed E-state index contributed by atoms with van der Waals surface area (Å²) in [4.78, 5) is 13.6. The highest BCUT2D eigenvalue weighted by Crippen LogP contribution is 2.48. The van der Waals surface area contributed by atoms with Gasteiger partial charge in [0.1, 0.15) is 0 Å². The molecule has 2 aliphatic rings. The van der Waals surface area contributed by atoms with Crippen molar-refractivity contribution in [2.24, 2.45) is 11.8 Å². The van der Waals surface area contributed by atoms with Gasteiger partial charge in [0.2, 0.25) is 5.91 Å². The lowest BCUT2D eigenvalue weighted by molar-refractivity contribution is -0.122. The fourth-order valence-electron chi connectivity index (χ4n) is 4.36. The van der Waals surface area contributed by atoms with Gasteiger partial charge in [-0.3, -0.25) is 4.79 Å². The normalized spacial score (nSPS) is 28.8. The molecule has 1 aromatic rings. The van der Waals surface area contributed by atoms with E-state index in [4.69, 9.17) is 11.6 Å². The average molecular weight is 382 g/mol. The fraction of sp³-hybridized carbons (Fsp3) is 0.650. The van der Waals surface area contributed by atoms with E-state index in [1.807, 2.05) is 38.1 Å². The molecule has 0 aromatic heterocycles. The number of hydrogen-bond acceptors (Lipinski definition) is 3. The van der Waals surface area contributed by atoms with Gasteiger partial charge in [0.25, 0.3) is 0 Å². The van der Waals surface area contributed by atoms with Crippen LogP contribution < -0.4 is 5.32 Å². The van der Waals surface area contributed by atoms with Crippen molar-refractivity contribution in [3.8, 4) is 0 Å². The number of halogens is 1. The van der Waals surface area contributed by atoms with Crippen LogP contribution in [0.15, 0.2) is 29.2 Å². The molecule has 2 saturated carbocycles. The Morgan fingerprint density at radius 2 is 2.08 bits per heavy atom. The molecular formula is C20H28ClNO2S. The summed E-state index contributed by atoms with van der Waals surface area (Å²) in [6.45, 7) is 4.59. The van der Waals surface area contributed by atoms with Crippen LogP contribution in [0.1, 0.15) is 52.4 Å². The van der Waals surface area contributed by atoms with E-state index in [0.717, 1.165) is 30.6 Å². The van der Waals surface area contributed by atoms with E-state index in [9.17, 15) is 9.90 Å². The molecule has 3 rings (SSSR count). The molecule has 0 aliphatic heterocycles. The number of fused-ring (bicyclic) bond motifs is 2. The van der Waals surface area contributed by atoms with E-state index in [0.29, 0.717) is 23.4 Å². The third kappa shape index (κ3) is 4.93. The van der Waals surface area contributed by atoms with Gasteiger partial charge in [-0.25, -0.2) is 0 Å². The molecule has 2 fully saturated rings. The van der Waals surface area contributed by atoms with E-state index in [1.165, 1.54) is 12.8 Å². The minimum absolute atomic E-state index is 0.0601. The third-order valence-corrected chi connectivity index (χ3v) is 7.05. The molecule has 5 heteroatoms. The summed E-state index contributed by atoms with van der Waals surface area (Å²) in [6.07, 6.45) is 6.20. The van der Waals surface area contributed by atoms with Crippen LogP contribution in [0.25, 0.3) is 0 Å². The van der Waals surface area contributed by atoms with Crippen molar-refractivity contribution in [2.45, 2.75) is 67.6 Å². The van der Waals surface area contributed by atoms with Crippen LogP contribution in [0.5, 0.6) is 0 Å². The van der Waals surface area contributed by atoms with Gasteiger partial charge in [-0.15, -0.1) is 11.8 Å². The molecule has 3 nitrogen and oxygen atoms in total. The Morgan fingerprint density at radius 1 is 1.36 bits per heavy atom. The quantitative estimate of drug-likeness (QED) is 0.704. The van der Waals surface area contributed by atoms with Gasteiger partial charge in [0.05, 0.1) is 10.3 Å². The van der Waals surface area contributed by atoms with Crippen LogP contribution in [0.4, 0.5) is 0 Å². The van der Waals surface area contributed by atoms with Crippen LogP contribution in [-0.2, 0) is 4.79 Å². The molecule has 0 spiro atoms. The fourth-order valence-corrected chi connectivity index (χ4v) is 5.51. The highest BCUT2D eigenvalue weighted by molar-refractivity contribution is 8.01. The molecule has 1 unspecified atom stereocenters. The molecule has 138 valence electrons. The topological polar surface area (TPSA) is 49.3 Å². The van der Waals surface area contributed by atoms with Gasteiger partial charge in [0.15, 0.2) is 0 Å². The Kier molecular flexibility index (Phi) is 5.72. The largest absolute Gasteiger partial charge is 0.390 e. The number of hydrogen-bond donors (Lipinski definition) is 2. The summed E-state index contributed by atoms with van der Waals surface area (Å²) in [6, 6.07) is 7.58. The second kappa shape index (κ2) is 7.50. The maximum absolute atomic E-state index is 12.6. The highest BCUT2D eigenvalue weighted by atomic mass is 35.5. The SMILES string of the molecule is CC(C)(Sc1ccc(Cl)cc1)C(=O)NCCC1C[C@@H]2CC[C@@](O)(C1)C2. The Balaban J connectivity index is 1.46. The molecule has 0 radical (unpaired) electrons. The van der Waals surface area contributed by atoms with E-state index in [2.05, 4.69) is 5.32 Å². The molecule has 1 amide bonds. The lowest BCUT2D eigenvalue weighted by Crippen LogP contribution is -2.41. The van der Waals surface area contributed by atoms with Gasteiger partial charge in [-0.1, -0.05) is 11.6 Å². The number of nitrogens with one attached hydrogen (secondary N) is 1. The predicted octanol–water partition coefficient (Wildman–Crippen LogP) is 4.66. The number of benzene rings is 1. The molecule has 0 saturated heterocycles. The van der Waals surface area contributed by atoms with Crippen molar-refractivity contribution in [1.82, 2.24) is 5.32 Å². The van der Waals surface area contributed by atoms with Gasteiger partial charge in [-0.2, -0.15) is 0 Å². The summed E-state index contributed by atoms with van der Waals surface area (Å²) in [5.74, 6) is 1.29. The molecule has 2 bridgehead atoms. The zero-order valence-electron chi connectivity index (χ0n) is 15.1. The maximum Gasteiger partial charge on any atom is 0.236 e. The van der Waals surface area contributed by atoms with Gasteiger partial charge in [-0.05, 0) is 88.5 Å². The van der Waals surface area contributed by atoms with Crippen LogP contribution in [-0.4, -0.2) is 27.9 Å². The zero-order chi connectivity index (χ0) is 18.1. The number of thioether (sulfide) groups is 1. The Labute approximate surface area is 159 Å². The smallest absolute Gasteiger partial charge is 0.236 e. The lowest BCUT2D eigenvalue weighted by Gasteiger charge is -2.34. The third-order valence-electron chi connectivity index (χ3n) is 5.59. The van der Waals surface area contributed by atoms with Crippen molar-refractivity contribution in [2.75, 3.05) is 6.54 Å². The zero-order valence-corrected chi connectivity index (χ0v) is 16.6. The minimum Gasteiger partial charge on any atom is -0.390 e. The van der Waals surface area contributed by atoms with Crippen molar-refractivity contribution in [3.63, 3.8) is 0 Å². The van der Waals surface area contributed by atoms with Gasteiger partial charge >= 0.3 is 0 Å². The second-order valence-electron chi connectivity index (χ2n) is 8.25. The highest BCUT2D eigenvalue weighted by Gasteiger charge is 2.43. The molecule has 2 aliphatic carbocycles. The van der Waals surface area contributed by atoms with E-state index >= 15 is 0 Å². The standard InChI is InChI=1S/C20H28ClNO2S/c1-19(2,25-17-5-3-16(21)4-6-17)18(23)22-10-8-15-11-14-7-9-20(24,12-14)13-15/h3-6,14-15,24H,7-13H2,1-2H3,(H,22,23)/t14-,15?,20-/m0/s1. The van der Waals surface area contributed by atoms with Crippen molar-refractivity contribution in [1.29, 1.82) is 0 Å². The summed E-state index contributed by atoms with van der Waals surface area (Å²) in [5.41, 5.74) is -0.415. The number of carbonyl (C=O) groups is 1. The molecule has 2 N–H and O–H groups in total. The summed E-state index contributed by atoms with van der Waals surface area (Å²) in [5, 5.41) is 14.3. The Hall–Kier alpha value is -0.710. The van der Waals surface area contributed by atoms with Crippen LogP contribution in [0.3, 0.4) is 0 Å². The van der Waals surface area contributed by atoms with Crippen molar-refractivity contribution >= 4 is 29.3 Å². The molecule has 3 atom stereocenters. The van der Waals surface area contributed by atoms with E-state index in [1.54, 1.807) is 11.8 Å². The van der Waals surface area contributed by atoms with Crippen LogP contribution in [0, 0.1) is 11.8 Å². The molecule has 0 heterocycles. The first-order valence-electron chi connectivity index (χ1n) is 9.21. The van der Waals surface area contributed by atoms with Crippen LogP contribution in [0.2, 0.25) is 5.02 Å². The first kappa shape index (κ1) is 19.1. The number of amides is 1. The monoisotopic (exact) mass is 381 g/mol. The predicted molar refractivity (Wildman–Crippen MR) is 104 cm³/mol. The number of aliphatic hydroxyl groups is 1.